The topological polar surface area (TPSA) is 46.5 Å². The Balaban J connectivity index is 3.70. The van der Waals surface area contributed by atoms with Crippen molar-refractivity contribution in [2.24, 2.45) is 0 Å². The zero-order valence-corrected chi connectivity index (χ0v) is 14.1. The van der Waals surface area contributed by atoms with E-state index in [0.717, 1.165) is 12.8 Å². The normalized spacial score (nSPS) is 14.0. The maximum Gasteiger partial charge on any atom is 0.308 e. The van der Waals surface area contributed by atoms with E-state index in [1.165, 1.54) is 19.3 Å². The molecule has 0 radical (unpaired) electrons. The molecular formula is C18H32O3. The van der Waals surface area contributed by atoms with Gasteiger partial charge in [-0.15, -0.1) is 0 Å². The van der Waals surface area contributed by atoms with Crippen LogP contribution >= 0.6 is 0 Å². The Morgan fingerprint density at radius 2 is 1.81 bits per heavy atom. The number of rotatable bonds is 10. The van der Waals surface area contributed by atoms with E-state index in [-0.39, 0.29) is 12.4 Å². The van der Waals surface area contributed by atoms with Crippen molar-refractivity contribution in [3.05, 3.63) is 24.3 Å². The number of unbranched alkanes of at least 4 members (excludes halogenated alkanes) is 3. The van der Waals surface area contributed by atoms with Crippen molar-refractivity contribution < 1.29 is 14.6 Å². The average Bonchev–Trinajstić information content (AvgIpc) is 2.34. The van der Waals surface area contributed by atoms with E-state index in [2.05, 4.69) is 19.1 Å². The molecule has 0 saturated heterocycles. The summed E-state index contributed by atoms with van der Waals surface area (Å²) in [7, 11) is 0. The minimum atomic E-state index is -0.662. The summed E-state index contributed by atoms with van der Waals surface area (Å²) < 4.78 is 5.17. The Labute approximate surface area is 130 Å². The fourth-order valence-electron chi connectivity index (χ4n) is 1.81. The molecule has 0 aromatic carbocycles. The monoisotopic (exact) mass is 296 g/mol. The molecule has 0 aliphatic heterocycles. The molecule has 0 unspecified atom stereocenters. The van der Waals surface area contributed by atoms with Gasteiger partial charge in [0.05, 0.1) is 12.5 Å². The van der Waals surface area contributed by atoms with Crippen LogP contribution in [0.1, 0.15) is 72.6 Å². The zero-order valence-electron chi connectivity index (χ0n) is 14.1. The lowest BCUT2D eigenvalue weighted by molar-refractivity contribution is -0.156. The first-order chi connectivity index (χ1) is 9.85. The smallest absolute Gasteiger partial charge is 0.308 e. The Bertz CT molecular complexity index is 324. The maximum atomic E-state index is 11.5. The molecule has 1 atom stereocenters. The van der Waals surface area contributed by atoms with Gasteiger partial charge in [-0.2, -0.15) is 0 Å². The molecular weight excluding hydrogens is 264 g/mol. The van der Waals surface area contributed by atoms with Crippen LogP contribution in [0.15, 0.2) is 24.3 Å². The summed E-state index contributed by atoms with van der Waals surface area (Å²) in [4.78, 5) is 11.5. The number of ether oxygens (including phenoxy) is 1. The highest BCUT2D eigenvalue weighted by molar-refractivity contribution is 5.70. The van der Waals surface area contributed by atoms with Gasteiger partial charge in [0.1, 0.15) is 5.60 Å². The largest absolute Gasteiger partial charge is 0.460 e. The summed E-state index contributed by atoms with van der Waals surface area (Å²) in [5, 5.41) is 9.75. The fourth-order valence-corrected chi connectivity index (χ4v) is 1.81. The standard InChI is InChI=1S/C18H32O3/c1-5-6-7-8-9-10-11-12-13-14-16(19)15-17(20)21-18(2,3)4/h9-10,12-13,16,19H,5-8,11,14-15H2,1-4H3/b10-9-,13-12-/t16-/m1/s1. The predicted molar refractivity (Wildman–Crippen MR) is 88.1 cm³/mol. The van der Waals surface area contributed by atoms with Crippen molar-refractivity contribution >= 4 is 5.97 Å². The van der Waals surface area contributed by atoms with Crippen molar-refractivity contribution in [2.45, 2.75) is 84.3 Å². The highest BCUT2D eigenvalue weighted by Gasteiger charge is 2.18. The summed E-state index contributed by atoms with van der Waals surface area (Å²) in [6.45, 7) is 7.67. The molecule has 122 valence electrons. The maximum absolute atomic E-state index is 11.5. The molecule has 21 heavy (non-hydrogen) atoms. The Hall–Kier alpha value is -1.09. The number of hydrogen-bond donors (Lipinski definition) is 1. The lowest BCUT2D eigenvalue weighted by Crippen LogP contribution is -2.26. The van der Waals surface area contributed by atoms with E-state index in [1.807, 2.05) is 32.9 Å². The van der Waals surface area contributed by atoms with Gasteiger partial charge in [-0.3, -0.25) is 4.79 Å². The summed E-state index contributed by atoms with van der Waals surface area (Å²) in [5.41, 5.74) is -0.491. The molecule has 0 aromatic rings. The molecule has 0 aliphatic carbocycles. The molecule has 0 amide bonds. The molecule has 1 N–H and O–H groups in total. The van der Waals surface area contributed by atoms with Crippen molar-refractivity contribution in [1.82, 2.24) is 0 Å². The molecule has 3 heteroatoms. The van der Waals surface area contributed by atoms with E-state index >= 15 is 0 Å². The molecule has 0 spiro atoms. The lowest BCUT2D eigenvalue weighted by atomic mass is 10.1. The molecule has 3 nitrogen and oxygen atoms in total. The van der Waals surface area contributed by atoms with Crippen LogP contribution in [0.2, 0.25) is 0 Å². The summed E-state index contributed by atoms with van der Waals surface area (Å²) in [5.74, 6) is -0.348. The zero-order chi connectivity index (χ0) is 16.1. The van der Waals surface area contributed by atoms with Gasteiger partial charge in [0.15, 0.2) is 0 Å². The number of hydrogen-bond acceptors (Lipinski definition) is 3. The van der Waals surface area contributed by atoms with Crippen LogP contribution in [-0.2, 0) is 9.53 Å². The molecule has 0 aliphatic rings. The van der Waals surface area contributed by atoms with Crippen LogP contribution in [0, 0.1) is 0 Å². The van der Waals surface area contributed by atoms with Crippen LogP contribution in [0.4, 0.5) is 0 Å². The van der Waals surface area contributed by atoms with Gasteiger partial charge >= 0.3 is 5.97 Å². The van der Waals surface area contributed by atoms with Crippen LogP contribution in [0.25, 0.3) is 0 Å². The van der Waals surface area contributed by atoms with Gasteiger partial charge in [-0.1, -0.05) is 44.1 Å². The Morgan fingerprint density at radius 3 is 2.43 bits per heavy atom. The van der Waals surface area contributed by atoms with E-state index < -0.39 is 11.7 Å². The van der Waals surface area contributed by atoms with Gasteiger partial charge in [-0.05, 0) is 46.5 Å². The molecule has 0 saturated carbocycles. The number of carbonyl (C=O) groups excluding carboxylic acids is 1. The van der Waals surface area contributed by atoms with E-state index in [1.54, 1.807) is 0 Å². The summed E-state index contributed by atoms with van der Waals surface area (Å²) >= 11 is 0. The highest BCUT2D eigenvalue weighted by atomic mass is 16.6. The van der Waals surface area contributed by atoms with Gasteiger partial charge in [-0.25, -0.2) is 0 Å². The number of allylic oxidation sites excluding steroid dienone is 3. The van der Waals surface area contributed by atoms with Crippen molar-refractivity contribution in [1.29, 1.82) is 0 Å². The first kappa shape index (κ1) is 19.9. The van der Waals surface area contributed by atoms with Gasteiger partial charge < -0.3 is 9.84 Å². The first-order valence-electron chi connectivity index (χ1n) is 8.05. The third-order valence-electron chi connectivity index (χ3n) is 2.81. The minimum absolute atomic E-state index is 0.0501. The predicted octanol–water partition coefficient (Wildman–Crippen LogP) is 4.55. The van der Waals surface area contributed by atoms with E-state index in [4.69, 9.17) is 4.74 Å². The van der Waals surface area contributed by atoms with Crippen molar-refractivity contribution in [3.8, 4) is 0 Å². The number of carbonyl (C=O) groups is 1. The molecule has 0 rings (SSSR count). The van der Waals surface area contributed by atoms with Crippen LogP contribution in [0.5, 0.6) is 0 Å². The number of aliphatic hydroxyl groups excluding tert-OH is 1. The van der Waals surface area contributed by atoms with Crippen molar-refractivity contribution in [3.63, 3.8) is 0 Å². The molecule has 0 heterocycles. The number of aliphatic hydroxyl groups is 1. The summed E-state index contributed by atoms with van der Waals surface area (Å²) in [6.07, 6.45) is 14.0. The molecule has 0 aromatic heterocycles. The summed E-state index contributed by atoms with van der Waals surface area (Å²) in [6, 6.07) is 0. The van der Waals surface area contributed by atoms with E-state index in [9.17, 15) is 9.90 Å². The highest BCUT2D eigenvalue weighted by Crippen LogP contribution is 2.10. The Morgan fingerprint density at radius 1 is 1.14 bits per heavy atom. The SMILES string of the molecule is CCCCC/C=C\C/C=C\C[C@@H](O)CC(=O)OC(C)(C)C. The second-order valence-corrected chi connectivity index (χ2v) is 6.35. The van der Waals surface area contributed by atoms with Crippen LogP contribution in [-0.4, -0.2) is 22.8 Å². The van der Waals surface area contributed by atoms with Gasteiger partial charge in [0, 0.05) is 0 Å². The fraction of sp³-hybridized carbons (Fsp3) is 0.722. The van der Waals surface area contributed by atoms with Crippen LogP contribution < -0.4 is 0 Å². The Kier molecular flexibility index (Phi) is 11.0. The molecule has 0 bridgehead atoms. The first-order valence-corrected chi connectivity index (χ1v) is 8.05. The van der Waals surface area contributed by atoms with Crippen molar-refractivity contribution in [2.75, 3.05) is 0 Å². The quantitative estimate of drug-likeness (QED) is 0.365. The van der Waals surface area contributed by atoms with Crippen LogP contribution in [0.3, 0.4) is 0 Å². The average molecular weight is 296 g/mol. The minimum Gasteiger partial charge on any atom is -0.460 e. The third kappa shape index (κ3) is 15.1. The number of esters is 1. The second-order valence-electron chi connectivity index (χ2n) is 6.35. The van der Waals surface area contributed by atoms with Gasteiger partial charge in [0.2, 0.25) is 0 Å². The third-order valence-corrected chi connectivity index (χ3v) is 2.81. The lowest BCUT2D eigenvalue weighted by Gasteiger charge is -2.20. The van der Waals surface area contributed by atoms with E-state index in [0.29, 0.717) is 6.42 Å². The van der Waals surface area contributed by atoms with Gasteiger partial charge in [0.25, 0.3) is 0 Å². The second kappa shape index (κ2) is 11.6. The molecule has 0 fully saturated rings.